The van der Waals surface area contributed by atoms with Gasteiger partial charge in [0.2, 0.25) is 11.8 Å². The second-order valence-electron chi connectivity index (χ2n) is 6.02. The summed E-state index contributed by atoms with van der Waals surface area (Å²) in [5, 5.41) is 3.20. The van der Waals surface area contributed by atoms with Crippen LogP contribution in [0.15, 0.2) is 48.5 Å². The fourth-order valence-electron chi connectivity index (χ4n) is 2.52. The zero-order chi connectivity index (χ0) is 19.8. The van der Waals surface area contributed by atoms with E-state index in [0.717, 1.165) is 5.56 Å². The van der Waals surface area contributed by atoms with Gasteiger partial charge in [0, 0.05) is 29.9 Å². The van der Waals surface area contributed by atoms with Gasteiger partial charge in [-0.15, -0.1) is 11.8 Å². The third-order valence-electron chi connectivity index (χ3n) is 4.12. The molecule has 0 spiro atoms. The van der Waals surface area contributed by atoms with Gasteiger partial charge in [-0.3, -0.25) is 9.59 Å². The summed E-state index contributed by atoms with van der Waals surface area (Å²) in [6, 6.07) is 13.0. The topological polar surface area (TPSA) is 49.4 Å². The lowest BCUT2D eigenvalue weighted by Crippen LogP contribution is -2.47. The van der Waals surface area contributed by atoms with Crippen LogP contribution in [0.4, 0.5) is 4.39 Å². The highest BCUT2D eigenvalue weighted by Gasteiger charge is 2.26. The lowest BCUT2D eigenvalue weighted by Gasteiger charge is -2.28. The summed E-state index contributed by atoms with van der Waals surface area (Å²) in [4.78, 5) is 26.2. The minimum absolute atomic E-state index is 0.0433. The van der Waals surface area contributed by atoms with Gasteiger partial charge < -0.3 is 10.2 Å². The molecule has 144 valence electrons. The first-order valence-electron chi connectivity index (χ1n) is 8.49. The van der Waals surface area contributed by atoms with Crippen LogP contribution in [-0.2, 0) is 21.9 Å². The number of hydrogen-bond donors (Lipinski definition) is 1. The molecule has 0 fully saturated rings. The molecule has 0 aliphatic heterocycles. The third kappa shape index (κ3) is 6.26. The number of amides is 2. The van der Waals surface area contributed by atoms with Crippen molar-refractivity contribution in [1.29, 1.82) is 0 Å². The number of hydrogen-bond acceptors (Lipinski definition) is 3. The molecule has 2 rings (SSSR count). The van der Waals surface area contributed by atoms with Gasteiger partial charge >= 0.3 is 0 Å². The Bertz CT molecular complexity index is 786. The van der Waals surface area contributed by atoms with Crippen molar-refractivity contribution in [2.75, 3.05) is 12.8 Å². The molecule has 0 radical (unpaired) electrons. The van der Waals surface area contributed by atoms with Gasteiger partial charge in [-0.25, -0.2) is 4.39 Å². The van der Waals surface area contributed by atoms with Crippen LogP contribution < -0.4 is 5.32 Å². The second-order valence-corrected chi connectivity index (χ2v) is 7.44. The molecule has 0 aliphatic rings. The van der Waals surface area contributed by atoms with Gasteiger partial charge in [0.1, 0.15) is 11.9 Å². The predicted molar refractivity (Wildman–Crippen MR) is 108 cm³/mol. The molecule has 0 heterocycles. The largest absolute Gasteiger partial charge is 0.357 e. The van der Waals surface area contributed by atoms with E-state index < -0.39 is 11.9 Å². The molecule has 1 N–H and O–H groups in total. The molecular formula is C20H22ClFN2O2S. The molecule has 27 heavy (non-hydrogen) atoms. The Labute approximate surface area is 168 Å². The highest BCUT2D eigenvalue weighted by molar-refractivity contribution is 7.99. The van der Waals surface area contributed by atoms with Gasteiger partial charge in [-0.2, -0.15) is 0 Å². The maximum atomic E-state index is 14.0. The summed E-state index contributed by atoms with van der Waals surface area (Å²) < 4.78 is 14.0. The van der Waals surface area contributed by atoms with Crippen molar-refractivity contribution in [3.8, 4) is 0 Å². The molecule has 1 unspecified atom stereocenters. The van der Waals surface area contributed by atoms with Gasteiger partial charge in [0.05, 0.1) is 5.75 Å². The van der Waals surface area contributed by atoms with Crippen molar-refractivity contribution in [3.63, 3.8) is 0 Å². The number of nitrogens with zero attached hydrogens (tertiary/aromatic N) is 1. The number of carbonyl (C=O) groups is 2. The van der Waals surface area contributed by atoms with Crippen LogP contribution in [0.1, 0.15) is 18.1 Å². The highest BCUT2D eigenvalue weighted by atomic mass is 35.5. The van der Waals surface area contributed by atoms with Crippen LogP contribution in [0.2, 0.25) is 5.02 Å². The van der Waals surface area contributed by atoms with Crippen molar-refractivity contribution >= 4 is 35.2 Å². The first kappa shape index (κ1) is 21.3. The van der Waals surface area contributed by atoms with Crippen LogP contribution >= 0.6 is 23.4 Å². The number of likely N-dealkylation sites (N-methyl/N-ethyl adjacent to an activating group) is 1. The standard InChI is InChI=1S/C20H22ClFN2O2S/c1-14(20(26)23-2)24(11-16-5-3-4-6-18(16)22)19(25)13-27-12-15-7-9-17(21)10-8-15/h3-10,14H,11-13H2,1-2H3,(H,23,26). The molecule has 2 aromatic carbocycles. The maximum Gasteiger partial charge on any atom is 0.242 e. The highest BCUT2D eigenvalue weighted by Crippen LogP contribution is 2.18. The number of rotatable bonds is 8. The molecule has 0 aliphatic carbocycles. The lowest BCUT2D eigenvalue weighted by molar-refractivity contribution is -0.138. The average molecular weight is 409 g/mol. The Morgan fingerprint density at radius 3 is 2.48 bits per heavy atom. The smallest absolute Gasteiger partial charge is 0.242 e. The minimum Gasteiger partial charge on any atom is -0.357 e. The second kappa shape index (κ2) is 10.3. The van der Waals surface area contributed by atoms with Crippen LogP contribution in [0, 0.1) is 5.82 Å². The Hall–Kier alpha value is -2.05. The third-order valence-corrected chi connectivity index (χ3v) is 5.36. The molecule has 2 aromatic rings. The van der Waals surface area contributed by atoms with E-state index in [2.05, 4.69) is 5.32 Å². The van der Waals surface area contributed by atoms with Crippen molar-refractivity contribution in [1.82, 2.24) is 10.2 Å². The molecule has 0 saturated heterocycles. The van der Waals surface area contributed by atoms with Crippen LogP contribution in [0.25, 0.3) is 0 Å². The van der Waals surface area contributed by atoms with Gasteiger partial charge in [-0.1, -0.05) is 41.9 Å². The summed E-state index contributed by atoms with van der Waals surface area (Å²) in [7, 11) is 1.51. The molecule has 7 heteroatoms. The van der Waals surface area contributed by atoms with Crippen molar-refractivity contribution in [2.45, 2.75) is 25.3 Å². The van der Waals surface area contributed by atoms with Gasteiger partial charge in [0.15, 0.2) is 0 Å². The van der Waals surface area contributed by atoms with Crippen LogP contribution in [0.5, 0.6) is 0 Å². The van der Waals surface area contributed by atoms with Crippen molar-refractivity contribution in [3.05, 3.63) is 70.5 Å². The zero-order valence-electron chi connectivity index (χ0n) is 15.2. The number of thioether (sulfide) groups is 1. The molecule has 0 aromatic heterocycles. The van der Waals surface area contributed by atoms with Crippen molar-refractivity contribution < 1.29 is 14.0 Å². The molecule has 0 saturated carbocycles. The molecule has 1 atom stereocenters. The van der Waals surface area contributed by atoms with Crippen LogP contribution in [-0.4, -0.2) is 35.6 Å². The zero-order valence-corrected chi connectivity index (χ0v) is 16.8. The van der Waals surface area contributed by atoms with E-state index >= 15 is 0 Å². The van der Waals surface area contributed by atoms with E-state index in [9.17, 15) is 14.0 Å². The summed E-state index contributed by atoms with van der Waals surface area (Å²) in [6.07, 6.45) is 0. The fraction of sp³-hybridized carbons (Fsp3) is 0.300. The SMILES string of the molecule is CNC(=O)C(C)N(Cc1ccccc1F)C(=O)CSCc1ccc(Cl)cc1. The molecule has 4 nitrogen and oxygen atoms in total. The summed E-state index contributed by atoms with van der Waals surface area (Å²) in [5.41, 5.74) is 1.43. The van der Waals surface area contributed by atoms with Crippen LogP contribution in [0.3, 0.4) is 0 Å². The number of carbonyl (C=O) groups excluding carboxylic acids is 2. The normalized spacial score (nSPS) is 11.7. The Kier molecular flexibility index (Phi) is 8.13. The molecule has 2 amide bonds. The van der Waals surface area contributed by atoms with Crippen molar-refractivity contribution in [2.24, 2.45) is 0 Å². The predicted octanol–water partition coefficient (Wildman–Crippen LogP) is 3.88. The number of benzene rings is 2. The summed E-state index contributed by atoms with van der Waals surface area (Å²) in [6.45, 7) is 1.68. The van der Waals surface area contributed by atoms with E-state index in [4.69, 9.17) is 11.6 Å². The van der Waals surface area contributed by atoms with Gasteiger partial charge in [-0.05, 0) is 30.7 Å². The fourth-order valence-corrected chi connectivity index (χ4v) is 3.52. The maximum absolute atomic E-state index is 14.0. The number of halogens is 2. The quantitative estimate of drug-likeness (QED) is 0.721. The first-order chi connectivity index (χ1) is 12.9. The molecule has 0 bridgehead atoms. The Morgan fingerprint density at radius 1 is 1.19 bits per heavy atom. The lowest BCUT2D eigenvalue weighted by atomic mass is 10.1. The van der Waals surface area contributed by atoms with E-state index in [-0.39, 0.29) is 24.1 Å². The number of nitrogens with one attached hydrogen (secondary N) is 1. The monoisotopic (exact) mass is 408 g/mol. The summed E-state index contributed by atoms with van der Waals surface area (Å²) in [5.74, 6) is -0.0626. The summed E-state index contributed by atoms with van der Waals surface area (Å²) >= 11 is 7.31. The van der Waals surface area contributed by atoms with E-state index in [1.54, 1.807) is 37.3 Å². The first-order valence-corrected chi connectivity index (χ1v) is 10.0. The Balaban J connectivity index is 2.04. The molecular weight excluding hydrogens is 387 g/mol. The van der Waals surface area contributed by atoms with E-state index in [1.807, 2.05) is 12.1 Å². The minimum atomic E-state index is -0.696. The Morgan fingerprint density at radius 2 is 1.85 bits per heavy atom. The van der Waals surface area contributed by atoms with E-state index in [0.29, 0.717) is 16.3 Å². The van der Waals surface area contributed by atoms with E-state index in [1.165, 1.54) is 29.8 Å². The van der Waals surface area contributed by atoms with Gasteiger partial charge in [0.25, 0.3) is 0 Å². The average Bonchev–Trinajstić information content (AvgIpc) is 2.67.